The number of amides is 2. The number of anilines is 2. The fourth-order valence-corrected chi connectivity index (χ4v) is 2.95. The SMILES string of the molecule is COc1cc(N2CCCCC2=O)ccc1N1CC(CO)OC1=O. The molecule has 23 heavy (non-hydrogen) atoms. The number of cyclic esters (lactones) is 1. The summed E-state index contributed by atoms with van der Waals surface area (Å²) in [5, 5.41) is 9.14. The Balaban J connectivity index is 1.88. The largest absolute Gasteiger partial charge is 0.494 e. The first-order chi connectivity index (χ1) is 11.1. The van der Waals surface area contributed by atoms with Gasteiger partial charge in [0, 0.05) is 24.7 Å². The molecule has 2 heterocycles. The maximum absolute atomic E-state index is 12.0. The van der Waals surface area contributed by atoms with Crippen LogP contribution in [-0.2, 0) is 9.53 Å². The highest BCUT2D eigenvalue weighted by molar-refractivity contribution is 5.96. The summed E-state index contributed by atoms with van der Waals surface area (Å²) in [5.41, 5.74) is 1.34. The van der Waals surface area contributed by atoms with Gasteiger partial charge in [-0.05, 0) is 25.0 Å². The molecule has 2 aliphatic heterocycles. The molecule has 0 aromatic heterocycles. The molecule has 0 bridgehead atoms. The molecule has 1 unspecified atom stereocenters. The first-order valence-corrected chi connectivity index (χ1v) is 7.71. The third kappa shape index (κ3) is 2.96. The third-order valence-electron chi connectivity index (χ3n) is 4.17. The smallest absolute Gasteiger partial charge is 0.414 e. The summed E-state index contributed by atoms with van der Waals surface area (Å²) in [6, 6.07) is 5.32. The second-order valence-corrected chi connectivity index (χ2v) is 5.66. The van der Waals surface area contributed by atoms with Crippen LogP contribution in [0.3, 0.4) is 0 Å². The zero-order valence-electron chi connectivity index (χ0n) is 13.0. The Bertz CT molecular complexity index is 618. The number of carbonyl (C=O) groups excluding carboxylic acids is 2. The Morgan fingerprint density at radius 3 is 2.78 bits per heavy atom. The number of hydrogen-bond acceptors (Lipinski definition) is 5. The number of benzene rings is 1. The Hall–Kier alpha value is -2.28. The van der Waals surface area contributed by atoms with Gasteiger partial charge in [-0.15, -0.1) is 0 Å². The lowest BCUT2D eigenvalue weighted by Gasteiger charge is -2.28. The van der Waals surface area contributed by atoms with Crippen molar-refractivity contribution in [3.8, 4) is 5.75 Å². The number of carbonyl (C=O) groups is 2. The minimum Gasteiger partial charge on any atom is -0.494 e. The number of aliphatic hydroxyl groups is 1. The van der Waals surface area contributed by atoms with Gasteiger partial charge in [0.1, 0.15) is 11.9 Å². The molecule has 2 fully saturated rings. The predicted molar refractivity (Wildman–Crippen MR) is 83.9 cm³/mol. The topological polar surface area (TPSA) is 79.3 Å². The summed E-state index contributed by atoms with van der Waals surface area (Å²) >= 11 is 0. The van der Waals surface area contributed by atoms with Gasteiger partial charge >= 0.3 is 6.09 Å². The van der Waals surface area contributed by atoms with Crippen LogP contribution < -0.4 is 14.5 Å². The molecule has 3 rings (SSSR count). The first kappa shape index (κ1) is 15.6. The minimum atomic E-state index is -0.532. The Kier molecular flexibility index (Phi) is 4.38. The summed E-state index contributed by atoms with van der Waals surface area (Å²) in [6.45, 7) is 0.748. The van der Waals surface area contributed by atoms with E-state index < -0.39 is 12.2 Å². The number of aliphatic hydroxyl groups excluding tert-OH is 1. The summed E-state index contributed by atoms with van der Waals surface area (Å²) in [4.78, 5) is 27.1. The first-order valence-electron chi connectivity index (χ1n) is 7.71. The van der Waals surface area contributed by atoms with Crippen molar-refractivity contribution in [2.24, 2.45) is 0 Å². The molecule has 1 atom stereocenters. The quantitative estimate of drug-likeness (QED) is 0.910. The lowest BCUT2D eigenvalue weighted by molar-refractivity contribution is -0.119. The van der Waals surface area contributed by atoms with Gasteiger partial charge in [0.05, 0.1) is 25.9 Å². The van der Waals surface area contributed by atoms with Crippen molar-refractivity contribution < 1.29 is 24.2 Å². The Morgan fingerprint density at radius 2 is 2.13 bits per heavy atom. The van der Waals surface area contributed by atoms with Crippen LogP contribution in [-0.4, -0.2) is 50.0 Å². The lowest BCUT2D eigenvalue weighted by atomic mass is 10.1. The van der Waals surface area contributed by atoms with Crippen molar-refractivity contribution in [3.63, 3.8) is 0 Å². The van der Waals surface area contributed by atoms with E-state index in [2.05, 4.69) is 0 Å². The molecule has 2 saturated heterocycles. The van der Waals surface area contributed by atoms with Gasteiger partial charge in [-0.3, -0.25) is 9.69 Å². The van der Waals surface area contributed by atoms with Gasteiger partial charge < -0.3 is 19.5 Å². The van der Waals surface area contributed by atoms with Gasteiger partial charge in [0.15, 0.2) is 0 Å². The van der Waals surface area contributed by atoms with E-state index in [0.29, 0.717) is 24.4 Å². The number of piperidine rings is 1. The van der Waals surface area contributed by atoms with Crippen LogP contribution in [0.15, 0.2) is 18.2 Å². The van der Waals surface area contributed by atoms with Crippen molar-refractivity contribution in [2.75, 3.05) is 36.6 Å². The van der Waals surface area contributed by atoms with Gasteiger partial charge in [0.2, 0.25) is 5.91 Å². The van der Waals surface area contributed by atoms with Crippen LogP contribution in [0, 0.1) is 0 Å². The molecule has 1 aromatic rings. The average Bonchev–Trinajstić information content (AvgIpc) is 2.95. The highest BCUT2D eigenvalue weighted by Gasteiger charge is 2.33. The molecular weight excluding hydrogens is 300 g/mol. The van der Waals surface area contributed by atoms with Crippen LogP contribution in [0.25, 0.3) is 0 Å². The number of hydrogen-bond donors (Lipinski definition) is 1. The van der Waals surface area contributed by atoms with Crippen LogP contribution in [0.1, 0.15) is 19.3 Å². The second kappa shape index (κ2) is 6.45. The van der Waals surface area contributed by atoms with Crippen LogP contribution in [0.2, 0.25) is 0 Å². The molecular formula is C16H20N2O5. The van der Waals surface area contributed by atoms with Crippen molar-refractivity contribution in [1.29, 1.82) is 0 Å². The summed E-state index contributed by atoms with van der Waals surface area (Å²) in [7, 11) is 1.52. The molecule has 124 valence electrons. The molecule has 1 N–H and O–H groups in total. The third-order valence-corrected chi connectivity index (χ3v) is 4.17. The molecule has 1 aromatic carbocycles. The molecule has 7 nitrogen and oxygen atoms in total. The monoisotopic (exact) mass is 320 g/mol. The number of rotatable bonds is 4. The molecule has 2 amide bonds. The zero-order valence-corrected chi connectivity index (χ0v) is 13.0. The predicted octanol–water partition coefficient (Wildman–Crippen LogP) is 1.53. The zero-order chi connectivity index (χ0) is 16.4. The molecule has 0 spiro atoms. The maximum Gasteiger partial charge on any atom is 0.414 e. The normalized spacial score (nSPS) is 21.6. The molecule has 2 aliphatic rings. The van der Waals surface area contributed by atoms with E-state index in [1.807, 2.05) is 0 Å². The molecule has 0 saturated carbocycles. The van der Waals surface area contributed by atoms with Gasteiger partial charge in [-0.25, -0.2) is 4.79 Å². The van der Waals surface area contributed by atoms with Gasteiger partial charge in [-0.2, -0.15) is 0 Å². The minimum absolute atomic E-state index is 0.104. The summed E-state index contributed by atoms with van der Waals surface area (Å²) < 4.78 is 10.4. The molecule has 7 heteroatoms. The second-order valence-electron chi connectivity index (χ2n) is 5.66. The van der Waals surface area contributed by atoms with E-state index in [1.54, 1.807) is 23.1 Å². The Morgan fingerprint density at radius 1 is 1.30 bits per heavy atom. The van der Waals surface area contributed by atoms with E-state index in [4.69, 9.17) is 14.6 Å². The fourth-order valence-electron chi connectivity index (χ4n) is 2.95. The molecule has 0 aliphatic carbocycles. The van der Waals surface area contributed by atoms with Crippen LogP contribution >= 0.6 is 0 Å². The summed E-state index contributed by atoms with van der Waals surface area (Å²) in [6.07, 6.45) is 1.42. The molecule has 0 radical (unpaired) electrons. The maximum atomic E-state index is 12.0. The van der Waals surface area contributed by atoms with E-state index >= 15 is 0 Å². The van der Waals surface area contributed by atoms with Crippen LogP contribution in [0.4, 0.5) is 16.2 Å². The average molecular weight is 320 g/mol. The standard InChI is InChI=1S/C16H20N2O5/c1-22-14-8-11(17-7-3-2-4-15(17)20)5-6-13(14)18-9-12(10-19)23-16(18)21/h5-6,8,12,19H,2-4,7,9-10H2,1H3. The highest BCUT2D eigenvalue weighted by atomic mass is 16.6. The van der Waals surface area contributed by atoms with E-state index in [0.717, 1.165) is 18.5 Å². The lowest BCUT2D eigenvalue weighted by Crippen LogP contribution is -2.35. The van der Waals surface area contributed by atoms with Crippen molar-refractivity contribution in [1.82, 2.24) is 0 Å². The van der Waals surface area contributed by atoms with Crippen molar-refractivity contribution >= 4 is 23.4 Å². The van der Waals surface area contributed by atoms with E-state index in [1.165, 1.54) is 12.0 Å². The number of ether oxygens (including phenoxy) is 2. The van der Waals surface area contributed by atoms with Crippen molar-refractivity contribution in [3.05, 3.63) is 18.2 Å². The summed E-state index contributed by atoms with van der Waals surface area (Å²) in [5.74, 6) is 0.600. The van der Waals surface area contributed by atoms with Crippen LogP contribution in [0.5, 0.6) is 5.75 Å². The Labute approximate surface area is 134 Å². The van der Waals surface area contributed by atoms with E-state index in [-0.39, 0.29) is 19.1 Å². The number of nitrogens with zero attached hydrogens (tertiary/aromatic N) is 2. The number of methoxy groups -OCH3 is 1. The van der Waals surface area contributed by atoms with Gasteiger partial charge in [-0.1, -0.05) is 0 Å². The van der Waals surface area contributed by atoms with Gasteiger partial charge in [0.25, 0.3) is 0 Å². The van der Waals surface area contributed by atoms with Crippen molar-refractivity contribution in [2.45, 2.75) is 25.4 Å². The highest BCUT2D eigenvalue weighted by Crippen LogP contribution is 2.35. The fraction of sp³-hybridized carbons (Fsp3) is 0.500. The van der Waals surface area contributed by atoms with E-state index in [9.17, 15) is 9.59 Å².